The van der Waals surface area contributed by atoms with Gasteiger partial charge in [-0.25, -0.2) is 9.97 Å². The van der Waals surface area contributed by atoms with Crippen LogP contribution in [0.2, 0.25) is 0 Å². The highest BCUT2D eigenvalue weighted by Crippen LogP contribution is 2.23. The molecule has 22 heavy (non-hydrogen) atoms. The molecule has 1 unspecified atom stereocenters. The zero-order valence-corrected chi connectivity index (χ0v) is 12.4. The van der Waals surface area contributed by atoms with E-state index < -0.39 is 0 Å². The third-order valence-electron chi connectivity index (χ3n) is 3.59. The van der Waals surface area contributed by atoms with Gasteiger partial charge in [-0.05, 0) is 12.1 Å². The van der Waals surface area contributed by atoms with Gasteiger partial charge in [0.2, 0.25) is 5.91 Å². The molecular weight excluding hydrogens is 284 g/mol. The van der Waals surface area contributed by atoms with Crippen molar-refractivity contribution < 1.29 is 14.3 Å². The Hall–Kier alpha value is -2.57. The van der Waals surface area contributed by atoms with Crippen molar-refractivity contribution in [1.29, 1.82) is 0 Å². The van der Waals surface area contributed by atoms with E-state index in [0.717, 1.165) is 6.42 Å². The van der Waals surface area contributed by atoms with Gasteiger partial charge in [-0.3, -0.25) is 4.79 Å². The topological polar surface area (TPSA) is 69.5 Å². The number of ether oxygens (including phenoxy) is 2. The Bertz CT molecular complexity index is 629. The molecule has 1 aliphatic rings. The molecule has 0 saturated carbocycles. The number of hydrogen-bond donors (Lipinski definition) is 0. The van der Waals surface area contributed by atoms with Crippen molar-refractivity contribution in [2.75, 3.05) is 20.2 Å². The Labute approximate surface area is 128 Å². The quantitative estimate of drug-likeness (QED) is 0.823. The van der Waals surface area contributed by atoms with Gasteiger partial charge >= 0.3 is 0 Å². The zero-order valence-electron chi connectivity index (χ0n) is 12.4. The van der Waals surface area contributed by atoms with Gasteiger partial charge in [-0.1, -0.05) is 0 Å². The van der Waals surface area contributed by atoms with E-state index in [9.17, 15) is 4.79 Å². The molecule has 1 atom stereocenters. The first-order valence-electron chi connectivity index (χ1n) is 7.16. The largest absolute Gasteiger partial charge is 0.477 e. The predicted octanol–water partition coefficient (Wildman–Crippen LogP) is 0.967. The first kappa shape index (κ1) is 14.4. The lowest BCUT2D eigenvalue weighted by molar-refractivity contribution is -0.131. The van der Waals surface area contributed by atoms with E-state index in [-0.39, 0.29) is 12.0 Å². The highest BCUT2D eigenvalue weighted by molar-refractivity contribution is 5.76. The molecule has 2 aromatic rings. The Kier molecular flexibility index (Phi) is 4.22. The van der Waals surface area contributed by atoms with Crippen molar-refractivity contribution in [2.24, 2.45) is 0 Å². The molecule has 1 amide bonds. The lowest BCUT2D eigenvalue weighted by Crippen LogP contribution is -2.33. The van der Waals surface area contributed by atoms with Crippen LogP contribution in [0.4, 0.5) is 0 Å². The van der Waals surface area contributed by atoms with E-state index in [0.29, 0.717) is 31.4 Å². The highest BCUT2D eigenvalue weighted by Gasteiger charge is 2.28. The minimum atomic E-state index is -0.0841. The standard InChI is InChI=1S/C15H18N4O3/c1-21-14-15(17-6-5-16-14)22-12-4-9-19(10-12)13(20)11-18-7-2-3-8-18/h2-3,5-8,12H,4,9-11H2,1H3. The molecule has 2 aromatic heterocycles. The lowest BCUT2D eigenvalue weighted by atomic mass is 10.3. The average Bonchev–Trinajstić information content (AvgIpc) is 3.19. The molecule has 7 heteroatoms. The molecule has 1 fully saturated rings. The summed E-state index contributed by atoms with van der Waals surface area (Å²) in [6.45, 7) is 1.60. The highest BCUT2D eigenvalue weighted by atomic mass is 16.5. The maximum atomic E-state index is 12.2. The molecule has 1 saturated heterocycles. The third-order valence-corrected chi connectivity index (χ3v) is 3.59. The summed E-state index contributed by atoms with van der Waals surface area (Å²) in [6, 6.07) is 3.81. The second-order valence-electron chi connectivity index (χ2n) is 5.09. The van der Waals surface area contributed by atoms with Crippen molar-refractivity contribution in [3.63, 3.8) is 0 Å². The SMILES string of the molecule is COc1nccnc1OC1CCN(C(=O)Cn2cccc2)C1. The minimum Gasteiger partial charge on any atom is -0.477 e. The van der Waals surface area contributed by atoms with Gasteiger partial charge in [0, 0.05) is 37.8 Å². The maximum absolute atomic E-state index is 12.2. The summed E-state index contributed by atoms with van der Waals surface area (Å²) in [4.78, 5) is 22.2. The van der Waals surface area contributed by atoms with Crippen LogP contribution in [0.5, 0.6) is 11.8 Å². The fourth-order valence-electron chi connectivity index (χ4n) is 2.47. The number of amides is 1. The molecule has 3 rings (SSSR count). The molecule has 0 radical (unpaired) electrons. The molecule has 0 bridgehead atoms. The van der Waals surface area contributed by atoms with Gasteiger partial charge < -0.3 is 18.9 Å². The fraction of sp³-hybridized carbons (Fsp3) is 0.400. The van der Waals surface area contributed by atoms with Gasteiger partial charge in [0.25, 0.3) is 11.8 Å². The van der Waals surface area contributed by atoms with Crippen LogP contribution in [0, 0.1) is 0 Å². The van der Waals surface area contributed by atoms with Gasteiger partial charge in [-0.15, -0.1) is 0 Å². The van der Waals surface area contributed by atoms with Crippen LogP contribution in [-0.4, -0.2) is 51.6 Å². The molecule has 3 heterocycles. The van der Waals surface area contributed by atoms with Crippen molar-refractivity contribution >= 4 is 5.91 Å². The summed E-state index contributed by atoms with van der Waals surface area (Å²) in [7, 11) is 1.53. The molecule has 0 aliphatic carbocycles. The summed E-state index contributed by atoms with van der Waals surface area (Å²) in [5, 5.41) is 0. The summed E-state index contributed by atoms with van der Waals surface area (Å²) in [5.41, 5.74) is 0. The van der Waals surface area contributed by atoms with Gasteiger partial charge in [0.05, 0.1) is 13.7 Å². The third kappa shape index (κ3) is 3.19. The normalized spacial score (nSPS) is 17.5. The molecule has 0 spiro atoms. The summed E-state index contributed by atoms with van der Waals surface area (Å²) in [5.74, 6) is 0.822. The molecule has 1 aliphatic heterocycles. The Balaban J connectivity index is 1.57. The smallest absolute Gasteiger partial charge is 0.278 e. The molecule has 116 valence electrons. The molecule has 7 nitrogen and oxygen atoms in total. The Morgan fingerprint density at radius 3 is 2.73 bits per heavy atom. The van der Waals surface area contributed by atoms with Crippen LogP contribution < -0.4 is 9.47 Å². The maximum Gasteiger partial charge on any atom is 0.278 e. The zero-order chi connectivity index (χ0) is 15.4. The first-order valence-corrected chi connectivity index (χ1v) is 7.16. The number of carbonyl (C=O) groups excluding carboxylic acids is 1. The van der Waals surface area contributed by atoms with Crippen LogP contribution >= 0.6 is 0 Å². The Morgan fingerprint density at radius 1 is 1.27 bits per heavy atom. The number of aromatic nitrogens is 3. The van der Waals surface area contributed by atoms with Crippen LogP contribution in [-0.2, 0) is 11.3 Å². The summed E-state index contributed by atoms with van der Waals surface area (Å²) in [6.07, 6.45) is 7.56. The Morgan fingerprint density at radius 2 is 2.00 bits per heavy atom. The van der Waals surface area contributed by atoms with Gasteiger partial charge in [0.1, 0.15) is 12.6 Å². The van der Waals surface area contributed by atoms with Crippen molar-refractivity contribution in [3.05, 3.63) is 36.9 Å². The van der Waals surface area contributed by atoms with E-state index in [1.807, 2.05) is 34.0 Å². The van der Waals surface area contributed by atoms with Gasteiger partial charge in [0.15, 0.2) is 0 Å². The van der Waals surface area contributed by atoms with Crippen LogP contribution in [0.15, 0.2) is 36.9 Å². The van der Waals surface area contributed by atoms with E-state index in [1.54, 1.807) is 12.4 Å². The van der Waals surface area contributed by atoms with E-state index in [2.05, 4.69) is 9.97 Å². The van der Waals surface area contributed by atoms with Gasteiger partial charge in [-0.2, -0.15) is 0 Å². The lowest BCUT2D eigenvalue weighted by Gasteiger charge is -2.17. The average molecular weight is 302 g/mol. The second kappa shape index (κ2) is 6.46. The monoisotopic (exact) mass is 302 g/mol. The number of rotatable bonds is 5. The summed E-state index contributed by atoms with van der Waals surface area (Å²) >= 11 is 0. The summed E-state index contributed by atoms with van der Waals surface area (Å²) < 4.78 is 12.8. The van der Waals surface area contributed by atoms with Crippen molar-refractivity contribution in [3.8, 4) is 11.8 Å². The van der Waals surface area contributed by atoms with Crippen LogP contribution in [0.3, 0.4) is 0 Å². The second-order valence-corrected chi connectivity index (χ2v) is 5.09. The molecular formula is C15H18N4O3. The van der Waals surface area contributed by atoms with E-state index in [4.69, 9.17) is 9.47 Å². The number of nitrogens with zero attached hydrogens (tertiary/aromatic N) is 4. The minimum absolute atomic E-state index is 0.0841. The number of hydrogen-bond acceptors (Lipinski definition) is 5. The first-order chi connectivity index (χ1) is 10.8. The number of likely N-dealkylation sites (tertiary alicyclic amines) is 1. The molecule has 0 N–H and O–H groups in total. The fourth-order valence-corrected chi connectivity index (χ4v) is 2.47. The van der Waals surface area contributed by atoms with Crippen LogP contribution in [0.1, 0.15) is 6.42 Å². The predicted molar refractivity (Wildman–Crippen MR) is 78.6 cm³/mol. The van der Waals surface area contributed by atoms with E-state index >= 15 is 0 Å². The van der Waals surface area contributed by atoms with Crippen LogP contribution in [0.25, 0.3) is 0 Å². The van der Waals surface area contributed by atoms with Crippen molar-refractivity contribution in [2.45, 2.75) is 19.1 Å². The molecule has 0 aromatic carbocycles. The van der Waals surface area contributed by atoms with Crippen molar-refractivity contribution in [1.82, 2.24) is 19.4 Å². The van der Waals surface area contributed by atoms with E-state index in [1.165, 1.54) is 7.11 Å². The number of carbonyl (C=O) groups is 1. The number of methoxy groups -OCH3 is 1.